The number of esters is 1. The Kier molecular flexibility index (Phi) is 67.5. The van der Waals surface area contributed by atoms with Gasteiger partial charge in [-0.05, 0) is 57.8 Å². The van der Waals surface area contributed by atoms with Crippen LogP contribution in [0, 0.1) is 0 Å². The zero-order chi connectivity index (χ0) is 66.5. The summed E-state index contributed by atoms with van der Waals surface area (Å²) in [6.07, 6.45) is 80.8. The van der Waals surface area contributed by atoms with Gasteiger partial charge in [-0.15, -0.1) is 0 Å². The van der Waals surface area contributed by atoms with E-state index in [0.717, 1.165) is 51.4 Å². The number of ether oxygens (including phenoxy) is 3. The Balaban J connectivity index is 1.86. The lowest BCUT2D eigenvalue weighted by Gasteiger charge is -2.40. The van der Waals surface area contributed by atoms with Gasteiger partial charge >= 0.3 is 5.97 Å². The van der Waals surface area contributed by atoms with E-state index in [4.69, 9.17) is 14.2 Å². The number of nitrogens with one attached hydrogen (secondary N) is 1. The molecule has 1 aliphatic rings. The minimum absolute atomic E-state index is 0.0199. The molecule has 0 aromatic rings. The molecule has 544 valence electrons. The van der Waals surface area contributed by atoms with Crippen LogP contribution in [0.4, 0.5) is 0 Å². The number of hydrogen-bond donors (Lipinski definition) is 6. The summed E-state index contributed by atoms with van der Waals surface area (Å²) < 4.78 is 16.8. The van der Waals surface area contributed by atoms with E-state index in [1.807, 2.05) is 6.08 Å². The van der Waals surface area contributed by atoms with Gasteiger partial charge in [0.15, 0.2) is 6.29 Å². The molecule has 1 saturated heterocycles. The van der Waals surface area contributed by atoms with Gasteiger partial charge in [-0.25, -0.2) is 0 Å². The van der Waals surface area contributed by atoms with E-state index in [0.29, 0.717) is 19.4 Å². The van der Waals surface area contributed by atoms with Crippen LogP contribution in [0.1, 0.15) is 418 Å². The van der Waals surface area contributed by atoms with Gasteiger partial charge in [-0.3, -0.25) is 9.59 Å². The monoisotopic (exact) mass is 1300 g/mol. The summed E-state index contributed by atoms with van der Waals surface area (Å²) in [5.74, 6) is -0.156. The van der Waals surface area contributed by atoms with Gasteiger partial charge in [0.25, 0.3) is 0 Å². The number of aliphatic hydroxyl groups excluding tert-OH is 5. The quantitative estimate of drug-likeness (QED) is 0.0195. The van der Waals surface area contributed by atoms with Crippen LogP contribution >= 0.6 is 0 Å². The van der Waals surface area contributed by atoms with Gasteiger partial charge in [0.05, 0.1) is 32.0 Å². The van der Waals surface area contributed by atoms with Gasteiger partial charge in [-0.2, -0.15) is 0 Å². The zero-order valence-electron chi connectivity index (χ0n) is 60.8. The minimum Gasteiger partial charge on any atom is -0.466 e. The zero-order valence-corrected chi connectivity index (χ0v) is 60.8. The molecule has 6 N–H and O–H groups in total. The lowest BCUT2D eigenvalue weighted by atomic mass is 9.99. The Morgan fingerprint density at radius 2 is 0.696 bits per heavy atom. The SMILES string of the molecule is CCCCCCCCCCC/C=C/C(O)C(COC1OC(CO)C(O)C(O)C1O)NC(=O)CCCCCCCCCCCCCCCCCCC/C=C\CCCCCCCCCCCCCCCCCCCCOC(=O)CCCCCCCCCCCCCCCC. The number of hydrogen-bond acceptors (Lipinski definition) is 10. The van der Waals surface area contributed by atoms with Crippen molar-refractivity contribution in [1.82, 2.24) is 5.32 Å². The summed E-state index contributed by atoms with van der Waals surface area (Å²) in [6.45, 7) is 4.39. The van der Waals surface area contributed by atoms with E-state index in [9.17, 15) is 35.1 Å². The third-order valence-electron chi connectivity index (χ3n) is 19.6. The topological polar surface area (TPSA) is 175 Å². The van der Waals surface area contributed by atoms with Crippen molar-refractivity contribution in [3.8, 4) is 0 Å². The first-order valence-electron chi connectivity index (χ1n) is 40.6. The molecular formula is C81H155NO10. The highest BCUT2D eigenvalue weighted by Crippen LogP contribution is 2.24. The Bertz CT molecular complexity index is 1580. The average molecular weight is 1300 g/mol. The van der Waals surface area contributed by atoms with E-state index >= 15 is 0 Å². The first-order chi connectivity index (χ1) is 45.2. The van der Waals surface area contributed by atoms with Crippen LogP contribution in [-0.2, 0) is 23.8 Å². The molecule has 1 rings (SSSR count). The van der Waals surface area contributed by atoms with Gasteiger partial charge < -0.3 is 45.1 Å². The van der Waals surface area contributed by atoms with E-state index in [1.54, 1.807) is 6.08 Å². The molecular weight excluding hydrogens is 1150 g/mol. The summed E-state index contributed by atoms with van der Waals surface area (Å²) in [5, 5.41) is 54.5. The molecule has 92 heavy (non-hydrogen) atoms. The van der Waals surface area contributed by atoms with E-state index in [2.05, 4.69) is 31.3 Å². The number of rotatable bonds is 73. The van der Waals surface area contributed by atoms with Crippen LogP contribution in [0.2, 0.25) is 0 Å². The molecule has 1 fully saturated rings. The molecule has 0 aliphatic carbocycles. The van der Waals surface area contributed by atoms with Gasteiger partial charge in [-0.1, -0.05) is 372 Å². The molecule has 11 nitrogen and oxygen atoms in total. The molecule has 0 spiro atoms. The molecule has 0 radical (unpaired) electrons. The van der Waals surface area contributed by atoms with Crippen LogP contribution < -0.4 is 5.32 Å². The van der Waals surface area contributed by atoms with Crippen LogP contribution in [-0.4, -0.2) is 100 Å². The molecule has 7 atom stereocenters. The van der Waals surface area contributed by atoms with Crippen LogP contribution in [0.3, 0.4) is 0 Å². The Morgan fingerprint density at radius 3 is 1.04 bits per heavy atom. The van der Waals surface area contributed by atoms with Crippen molar-refractivity contribution in [2.45, 2.75) is 461 Å². The van der Waals surface area contributed by atoms with Gasteiger partial charge in [0, 0.05) is 12.8 Å². The van der Waals surface area contributed by atoms with Crippen molar-refractivity contribution < 1.29 is 49.3 Å². The van der Waals surface area contributed by atoms with Crippen LogP contribution in [0.5, 0.6) is 0 Å². The van der Waals surface area contributed by atoms with Crippen molar-refractivity contribution in [3.05, 3.63) is 24.3 Å². The summed E-state index contributed by atoms with van der Waals surface area (Å²) in [5.41, 5.74) is 0. The van der Waals surface area contributed by atoms with Crippen molar-refractivity contribution in [3.63, 3.8) is 0 Å². The lowest BCUT2D eigenvalue weighted by Crippen LogP contribution is -2.60. The summed E-state index contributed by atoms with van der Waals surface area (Å²) in [4.78, 5) is 25.1. The predicted molar refractivity (Wildman–Crippen MR) is 389 cm³/mol. The molecule has 1 amide bonds. The van der Waals surface area contributed by atoms with Gasteiger partial charge in [0.1, 0.15) is 24.4 Å². The maximum Gasteiger partial charge on any atom is 0.305 e. The Hall–Kier alpha value is -1.86. The second kappa shape index (κ2) is 70.5. The third-order valence-corrected chi connectivity index (χ3v) is 19.6. The van der Waals surface area contributed by atoms with Crippen molar-refractivity contribution in [2.24, 2.45) is 0 Å². The minimum atomic E-state index is -1.57. The molecule has 1 heterocycles. The second-order valence-electron chi connectivity index (χ2n) is 28.5. The summed E-state index contributed by atoms with van der Waals surface area (Å²) in [6, 6.07) is -0.806. The smallest absolute Gasteiger partial charge is 0.305 e. The second-order valence-corrected chi connectivity index (χ2v) is 28.5. The molecule has 7 unspecified atom stereocenters. The highest BCUT2D eigenvalue weighted by molar-refractivity contribution is 5.76. The van der Waals surface area contributed by atoms with Crippen LogP contribution in [0.25, 0.3) is 0 Å². The highest BCUT2D eigenvalue weighted by Gasteiger charge is 2.44. The highest BCUT2D eigenvalue weighted by atomic mass is 16.7. The maximum atomic E-state index is 13.1. The molecule has 0 bridgehead atoms. The molecule has 0 aromatic carbocycles. The van der Waals surface area contributed by atoms with E-state index < -0.39 is 49.5 Å². The summed E-state index contributed by atoms with van der Waals surface area (Å²) >= 11 is 0. The number of amides is 1. The first kappa shape index (κ1) is 88.2. The van der Waals surface area contributed by atoms with Gasteiger partial charge in [0.2, 0.25) is 5.91 Å². The largest absolute Gasteiger partial charge is 0.466 e. The third kappa shape index (κ3) is 58.3. The van der Waals surface area contributed by atoms with Crippen molar-refractivity contribution in [1.29, 1.82) is 0 Å². The number of unbranched alkanes of at least 4 members (excludes halogenated alkanes) is 57. The van der Waals surface area contributed by atoms with E-state index in [1.165, 1.54) is 340 Å². The normalized spacial score (nSPS) is 17.6. The molecule has 11 heteroatoms. The van der Waals surface area contributed by atoms with Crippen molar-refractivity contribution in [2.75, 3.05) is 19.8 Å². The number of allylic oxidation sites excluding steroid dienone is 3. The Labute approximate surface area is 569 Å². The fraction of sp³-hybridized carbons (Fsp3) is 0.926. The number of aliphatic hydroxyl groups is 5. The summed E-state index contributed by atoms with van der Waals surface area (Å²) in [7, 11) is 0. The Morgan fingerprint density at radius 1 is 0.391 bits per heavy atom. The number of carbonyl (C=O) groups is 2. The predicted octanol–water partition coefficient (Wildman–Crippen LogP) is 21.9. The molecule has 0 aromatic heterocycles. The molecule has 1 aliphatic heterocycles. The van der Waals surface area contributed by atoms with Crippen LogP contribution in [0.15, 0.2) is 24.3 Å². The maximum absolute atomic E-state index is 13.1. The standard InChI is InChI=1S/C81H155NO10/c1-3-5-7-9-11-13-15-16-45-49-53-57-61-65-69-77(86)90-70-66-62-58-54-50-46-43-41-39-37-35-33-31-29-27-25-23-21-19-17-18-20-22-24-26-28-30-32-34-36-38-40-42-44-48-52-56-60-64-68-76(85)82-73(72-91-81-80(89)79(88)78(87)75(71-83)92-81)74(84)67-63-59-55-51-47-14-12-10-8-6-4-2/h17-18,63,67,73-75,78-81,83-84,87-89H,3-16,19-62,64-66,68-72H2,1-2H3,(H,82,85)/b18-17-,67-63+. The lowest BCUT2D eigenvalue weighted by molar-refractivity contribution is -0.302. The fourth-order valence-corrected chi connectivity index (χ4v) is 13.2. The average Bonchev–Trinajstić information content (AvgIpc) is 1.22. The molecule has 0 saturated carbocycles. The fourth-order valence-electron chi connectivity index (χ4n) is 13.2. The number of carbonyl (C=O) groups excluding carboxylic acids is 2. The van der Waals surface area contributed by atoms with E-state index in [-0.39, 0.29) is 18.5 Å². The first-order valence-corrected chi connectivity index (χ1v) is 40.6. The van der Waals surface area contributed by atoms with Crippen molar-refractivity contribution >= 4 is 11.9 Å².